The van der Waals surface area contributed by atoms with E-state index in [2.05, 4.69) is 19.3 Å². The highest BCUT2D eigenvalue weighted by Gasteiger charge is 2.33. The Balaban J connectivity index is 2.43. The lowest BCUT2D eigenvalue weighted by atomic mass is 9.82. The van der Waals surface area contributed by atoms with Gasteiger partial charge in [-0.2, -0.15) is 0 Å². The predicted octanol–water partition coefficient (Wildman–Crippen LogP) is 1.28. The highest BCUT2D eigenvalue weighted by atomic mass is 15.2. The van der Waals surface area contributed by atoms with Crippen LogP contribution >= 0.6 is 0 Å². The minimum absolute atomic E-state index is 0.520. The van der Waals surface area contributed by atoms with E-state index in [1.54, 1.807) is 0 Å². The minimum Gasteiger partial charge on any atom is -0.271 e. The van der Waals surface area contributed by atoms with Crippen LogP contribution in [0.4, 0.5) is 0 Å². The highest BCUT2D eigenvalue weighted by molar-refractivity contribution is 4.85. The molecular formula is C8H18N2. The van der Waals surface area contributed by atoms with Gasteiger partial charge in [0.15, 0.2) is 0 Å². The maximum atomic E-state index is 5.28. The Kier molecular flexibility index (Phi) is 2.32. The number of hydrogen-bond acceptors (Lipinski definition) is 2. The SMILES string of the molecule is CC1(C)CCCC1CNN. The van der Waals surface area contributed by atoms with Crippen LogP contribution in [0, 0.1) is 11.3 Å². The first kappa shape index (κ1) is 8.02. The molecule has 0 spiro atoms. The first-order valence-electron chi connectivity index (χ1n) is 4.10. The fourth-order valence-corrected chi connectivity index (χ4v) is 1.92. The van der Waals surface area contributed by atoms with Crippen molar-refractivity contribution >= 4 is 0 Å². The molecule has 2 nitrogen and oxygen atoms in total. The molecule has 1 aliphatic carbocycles. The second-order valence-electron chi connectivity index (χ2n) is 3.99. The highest BCUT2D eigenvalue weighted by Crippen LogP contribution is 2.41. The summed E-state index contributed by atoms with van der Waals surface area (Å²) in [7, 11) is 0. The Hall–Kier alpha value is -0.0800. The molecule has 0 heterocycles. The van der Waals surface area contributed by atoms with E-state index >= 15 is 0 Å². The van der Waals surface area contributed by atoms with E-state index in [1.165, 1.54) is 19.3 Å². The number of nitrogens with two attached hydrogens (primary N) is 1. The van der Waals surface area contributed by atoms with E-state index in [0.717, 1.165) is 12.5 Å². The third kappa shape index (κ3) is 1.50. The topological polar surface area (TPSA) is 38.0 Å². The third-order valence-electron chi connectivity index (χ3n) is 2.84. The molecule has 2 heteroatoms. The van der Waals surface area contributed by atoms with E-state index in [0.29, 0.717) is 5.41 Å². The molecule has 3 N–H and O–H groups in total. The molecule has 1 fully saturated rings. The summed E-state index contributed by atoms with van der Waals surface area (Å²) >= 11 is 0. The van der Waals surface area contributed by atoms with Gasteiger partial charge in [0.1, 0.15) is 0 Å². The van der Waals surface area contributed by atoms with Crippen LogP contribution in [0.15, 0.2) is 0 Å². The van der Waals surface area contributed by atoms with Gasteiger partial charge in [0.05, 0.1) is 0 Å². The molecule has 1 unspecified atom stereocenters. The zero-order chi connectivity index (χ0) is 7.61. The lowest BCUT2D eigenvalue weighted by molar-refractivity contribution is 0.252. The van der Waals surface area contributed by atoms with Crippen molar-refractivity contribution in [3.8, 4) is 0 Å². The number of nitrogens with one attached hydrogen (secondary N) is 1. The number of hydrogen-bond donors (Lipinski definition) is 2. The maximum Gasteiger partial charge on any atom is 0.0131 e. The Morgan fingerprint density at radius 2 is 2.30 bits per heavy atom. The largest absolute Gasteiger partial charge is 0.271 e. The third-order valence-corrected chi connectivity index (χ3v) is 2.84. The van der Waals surface area contributed by atoms with Crippen molar-refractivity contribution in [3.05, 3.63) is 0 Å². The molecule has 0 amide bonds. The number of hydrazine groups is 1. The van der Waals surface area contributed by atoms with Gasteiger partial charge in [-0.05, 0) is 24.2 Å². The summed E-state index contributed by atoms with van der Waals surface area (Å²) in [6.07, 6.45) is 4.08. The van der Waals surface area contributed by atoms with Crippen molar-refractivity contribution in [1.29, 1.82) is 0 Å². The van der Waals surface area contributed by atoms with Crippen molar-refractivity contribution in [2.45, 2.75) is 33.1 Å². The fourth-order valence-electron chi connectivity index (χ4n) is 1.92. The zero-order valence-corrected chi connectivity index (χ0v) is 6.98. The van der Waals surface area contributed by atoms with E-state index in [1.807, 2.05) is 0 Å². The van der Waals surface area contributed by atoms with Crippen LogP contribution < -0.4 is 11.3 Å². The molecule has 60 valence electrons. The second-order valence-corrected chi connectivity index (χ2v) is 3.99. The average molecular weight is 142 g/mol. The van der Waals surface area contributed by atoms with Gasteiger partial charge in [-0.1, -0.05) is 20.3 Å². The van der Waals surface area contributed by atoms with Crippen LogP contribution in [0.1, 0.15) is 33.1 Å². The summed E-state index contributed by atoms with van der Waals surface area (Å²) < 4.78 is 0. The van der Waals surface area contributed by atoms with Crippen molar-refractivity contribution in [2.24, 2.45) is 17.2 Å². The molecule has 0 aliphatic heterocycles. The van der Waals surface area contributed by atoms with Gasteiger partial charge in [-0.3, -0.25) is 11.3 Å². The Labute approximate surface area is 63.1 Å². The van der Waals surface area contributed by atoms with Gasteiger partial charge in [0, 0.05) is 6.54 Å². The van der Waals surface area contributed by atoms with Gasteiger partial charge < -0.3 is 0 Å². The van der Waals surface area contributed by atoms with Gasteiger partial charge >= 0.3 is 0 Å². The molecule has 0 saturated heterocycles. The molecule has 1 saturated carbocycles. The fraction of sp³-hybridized carbons (Fsp3) is 1.00. The van der Waals surface area contributed by atoms with Gasteiger partial charge in [-0.25, -0.2) is 0 Å². The summed E-state index contributed by atoms with van der Waals surface area (Å²) in [4.78, 5) is 0. The van der Waals surface area contributed by atoms with Crippen molar-refractivity contribution in [2.75, 3.05) is 6.54 Å². The lowest BCUT2D eigenvalue weighted by Crippen LogP contribution is -2.33. The van der Waals surface area contributed by atoms with Crippen LogP contribution in [0.5, 0.6) is 0 Å². The summed E-state index contributed by atoms with van der Waals surface area (Å²) in [6.45, 7) is 5.65. The van der Waals surface area contributed by atoms with Crippen LogP contribution in [0.25, 0.3) is 0 Å². The first-order valence-corrected chi connectivity index (χ1v) is 4.10. The summed E-state index contributed by atoms with van der Waals surface area (Å²) in [5.74, 6) is 6.07. The van der Waals surface area contributed by atoms with Gasteiger partial charge in [-0.15, -0.1) is 0 Å². The molecular weight excluding hydrogens is 124 g/mol. The molecule has 0 bridgehead atoms. The van der Waals surface area contributed by atoms with Crippen LogP contribution in [0.3, 0.4) is 0 Å². The predicted molar refractivity (Wildman–Crippen MR) is 43.3 cm³/mol. The van der Waals surface area contributed by atoms with Gasteiger partial charge in [0.2, 0.25) is 0 Å². The average Bonchev–Trinajstić information content (AvgIpc) is 2.13. The molecule has 0 aromatic heterocycles. The smallest absolute Gasteiger partial charge is 0.0131 e. The Morgan fingerprint density at radius 1 is 1.60 bits per heavy atom. The standard InChI is InChI=1S/C8H18N2/c1-8(2)5-3-4-7(8)6-10-9/h7,10H,3-6,9H2,1-2H3. The number of rotatable bonds is 2. The summed E-state index contributed by atoms with van der Waals surface area (Å²) in [5.41, 5.74) is 3.29. The van der Waals surface area contributed by atoms with E-state index in [9.17, 15) is 0 Å². The van der Waals surface area contributed by atoms with Crippen molar-refractivity contribution < 1.29 is 0 Å². The van der Waals surface area contributed by atoms with Crippen molar-refractivity contribution in [1.82, 2.24) is 5.43 Å². The normalized spacial score (nSPS) is 30.9. The molecule has 0 aromatic carbocycles. The Morgan fingerprint density at radius 3 is 2.70 bits per heavy atom. The first-order chi connectivity index (χ1) is 4.67. The second kappa shape index (κ2) is 2.89. The lowest BCUT2D eigenvalue weighted by Gasteiger charge is -2.26. The minimum atomic E-state index is 0.520. The van der Waals surface area contributed by atoms with Crippen LogP contribution in [0.2, 0.25) is 0 Å². The van der Waals surface area contributed by atoms with E-state index in [-0.39, 0.29) is 0 Å². The maximum absolute atomic E-state index is 5.28. The summed E-state index contributed by atoms with van der Waals surface area (Å²) in [5, 5.41) is 0. The van der Waals surface area contributed by atoms with Crippen LogP contribution in [-0.4, -0.2) is 6.54 Å². The van der Waals surface area contributed by atoms with Crippen LogP contribution in [-0.2, 0) is 0 Å². The molecule has 1 atom stereocenters. The summed E-state index contributed by atoms with van der Waals surface area (Å²) in [6, 6.07) is 0. The molecule has 0 aromatic rings. The Bertz CT molecular complexity index is 110. The van der Waals surface area contributed by atoms with Crippen molar-refractivity contribution in [3.63, 3.8) is 0 Å². The molecule has 10 heavy (non-hydrogen) atoms. The molecule has 1 rings (SSSR count). The van der Waals surface area contributed by atoms with E-state index in [4.69, 9.17) is 5.84 Å². The zero-order valence-electron chi connectivity index (χ0n) is 6.98. The van der Waals surface area contributed by atoms with Gasteiger partial charge in [0.25, 0.3) is 0 Å². The monoisotopic (exact) mass is 142 g/mol. The quantitative estimate of drug-likeness (QED) is 0.450. The van der Waals surface area contributed by atoms with E-state index < -0.39 is 0 Å². The molecule has 1 aliphatic rings. The molecule has 0 radical (unpaired) electrons.